The van der Waals surface area contributed by atoms with Crippen LogP contribution in [0, 0.1) is 20.2 Å². The van der Waals surface area contributed by atoms with Crippen LogP contribution in [0.3, 0.4) is 0 Å². The lowest BCUT2D eigenvalue weighted by Gasteiger charge is -2.07. The van der Waals surface area contributed by atoms with Crippen LogP contribution in [0.1, 0.15) is 102 Å². The molecular formula is C30H36Br2N4O4S3. The summed E-state index contributed by atoms with van der Waals surface area (Å²) >= 11 is 11.1. The number of hydrogen-bond donors (Lipinski definition) is 0. The number of fused-ring (bicyclic) bond motifs is 1. The van der Waals surface area contributed by atoms with Crippen molar-refractivity contribution < 1.29 is 9.85 Å². The normalized spacial score (nSPS) is 11.5. The number of hydrogen-bond acceptors (Lipinski definition) is 9. The molecule has 0 atom stereocenters. The summed E-state index contributed by atoms with van der Waals surface area (Å²) in [5.41, 5.74) is 1.82. The predicted octanol–water partition coefficient (Wildman–Crippen LogP) is 12.3. The third-order valence-corrected chi connectivity index (χ3v) is 12.3. The number of nitro benzene ring substituents is 2. The van der Waals surface area contributed by atoms with Gasteiger partial charge >= 0.3 is 11.4 Å². The predicted molar refractivity (Wildman–Crippen MR) is 187 cm³/mol. The maximum Gasteiger partial charge on any atom is 0.357 e. The van der Waals surface area contributed by atoms with Gasteiger partial charge in [-0.1, -0.05) is 82.5 Å². The highest BCUT2D eigenvalue weighted by Gasteiger charge is 2.40. The molecule has 0 unspecified atom stereocenters. The van der Waals surface area contributed by atoms with Gasteiger partial charge in [-0.15, -0.1) is 27.8 Å². The zero-order chi connectivity index (χ0) is 30.9. The lowest BCUT2D eigenvalue weighted by Crippen LogP contribution is -2.02. The standard InChI is InChI=1S/C30H36Br2N4O4S3/c1-3-5-7-9-11-13-15-19-17-21(41-29(19)31)23-25-28(43-34-33-25)24(27(36(39)40)26(23)35(37)38)22-18-20(30(32)42-22)16-14-12-10-8-6-4-2/h17-18H,3-16H2,1-2H3. The summed E-state index contributed by atoms with van der Waals surface area (Å²) in [4.78, 5) is 25.2. The molecule has 232 valence electrons. The van der Waals surface area contributed by atoms with Crippen LogP contribution < -0.4 is 0 Å². The first-order valence-electron chi connectivity index (χ1n) is 15.0. The first-order chi connectivity index (χ1) is 20.8. The van der Waals surface area contributed by atoms with Crippen molar-refractivity contribution in [3.63, 3.8) is 0 Å². The molecule has 13 heteroatoms. The van der Waals surface area contributed by atoms with Crippen LogP contribution in [0.15, 0.2) is 19.7 Å². The first kappa shape index (κ1) is 34.1. The number of thiophene rings is 2. The van der Waals surface area contributed by atoms with Crippen LogP contribution in [0.5, 0.6) is 0 Å². The minimum absolute atomic E-state index is 0.173. The molecule has 8 nitrogen and oxygen atoms in total. The van der Waals surface area contributed by atoms with Crippen molar-refractivity contribution in [2.75, 3.05) is 0 Å². The second-order valence-corrected chi connectivity index (χ2v) is 16.3. The largest absolute Gasteiger partial charge is 0.357 e. The Morgan fingerprint density at radius 1 is 0.698 bits per heavy atom. The van der Waals surface area contributed by atoms with Gasteiger partial charge in [0.15, 0.2) is 0 Å². The molecule has 3 aromatic heterocycles. The number of benzene rings is 1. The van der Waals surface area contributed by atoms with Crippen LogP contribution in [-0.4, -0.2) is 19.4 Å². The zero-order valence-corrected chi connectivity index (χ0v) is 30.1. The molecule has 0 aliphatic heterocycles. The van der Waals surface area contributed by atoms with Crippen molar-refractivity contribution in [2.45, 2.75) is 104 Å². The summed E-state index contributed by atoms with van der Waals surface area (Å²) in [5.74, 6) is 0. The fraction of sp³-hybridized carbons (Fsp3) is 0.533. The Morgan fingerprint density at radius 2 is 1.14 bits per heavy atom. The maximum atomic E-state index is 12.6. The van der Waals surface area contributed by atoms with Crippen molar-refractivity contribution in [3.05, 3.63) is 51.1 Å². The van der Waals surface area contributed by atoms with E-state index in [1.807, 2.05) is 12.1 Å². The van der Waals surface area contributed by atoms with Crippen molar-refractivity contribution in [2.24, 2.45) is 0 Å². The molecule has 3 heterocycles. The highest BCUT2D eigenvalue weighted by Crippen LogP contribution is 2.54. The van der Waals surface area contributed by atoms with E-state index >= 15 is 0 Å². The van der Waals surface area contributed by atoms with E-state index in [4.69, 9.17) is 0 Å². The fourth-order valence-corrected chi connectivity index (χ4v) is 9.82. The van der Waals surface area contributed by atoms with Crippen molar-refractivity contribution >= 4 is 87.7 Å². The van der Waals surface area contributed by atoms with E-state index in [0.717, 1.165) is 68.8 Å². The van der Waals surface area contributed by atoms with E-state index in [2.05, 4.69) is 55.3 Å². The van der Waals surface area contributed by atoms with Crippen LogP contribution >= 0.6 is 66.1 Å². The first-order valence-corrected chi connectivity index (χ1v) is 19.0. The van der Waals surface area contributed by atoms with E-state index in [9.17, 15) is 20.2 Å². The van der Waals surface area contributed by atoms with Gasteiger partial charge in [0.1, 0.15) is 11.1 Å². The van der Waals surface area contributed by atoms with Gasteiger partial charge in [-0.25, -0.2) is 0 Å². The molecule has 0 saturated heterocycles. The quantitative estimate of drug-likeness (QED) is 0.0565. The SMILES string of the molecule is CCCCCCCCc1cc(-c2c([N+](=O)[O-])c([N+](=O)[O-])c(-c3cc(CCCCCCCC)c(Br)s3)c3snnc23)sc1Br. The molecule has 0 spiro atoms. The van der Waals surface area contributed by atoms with E-state index in [1.165, 1.54) is 74.0 Å². The van der Waals surface area contributed by atoms with Crippen LogP contribution in [-0.2, 0) is 12.8 Å². The molecule has 0 fully saturated rings. The van der Waals surface area contributed by atoms with E-state index < -0.39 is 21.2 Å². The fourth-order valence-electron chi connectivity index (χ4n) is 5.38. The average molecular weight is 773 g/mol. The number of unbranched alkanes of at least 4 members (excludes halogenated alkanes) is 10. The third-order valence-electron chi connectivity index (χ3n) is 7.62. The third kappa shape index (κ3) is 8.27. The molecule has 0 radical (unpaired) electrons. The van der Waals surface area contributed by atoms with Gasteiger partial charge in [-0.3, -0.25) is 20.2 Å². The van der Waals surface area contributed by atoms with Gasteiger partial charge in [0, 0.05) is 9.75 Å². The summed E-state index contributed by atoms with van der Waals surface area (Å²) in [5, 5.41) is 29.6. The van der Waals surface area contributed by atoms with Crippen molar-refractivity contribution in [1.29, 1.82) is 0 Å². The molecular weight excluding hydrogens is 736 g/mol. The topological polar surface area (TPSA) is 112 Å². The molecule has 1 aromatic carbocycles. The Balaban J connectivity index is 1.73. The lowest BCUT2D eigenvalue weighted by atomic mass is 10.00. The Morgan fingerprint density at radius 3 is 1.63 bits per heavy atom. The van der Waals surface area contributed by atoms with Crippen molar-refractivity contribution in [3.8, 4) is 20.9 Å². The number of halogens is 2. The molecule has 4 rings (SSSR count). The van der Waals surface area contributed by atoms with Gasteiger partial charge in [0.25, 0.3) is 0 Å². The van der Waals surface area contributed by atoms with Crippen LogP contribution in [0.25, 0.3) is 31.1 Å². The summed E-state index contributed by atoms with van der Waals surface area (Å²) < 4.78 is 6.41. The lowest BCUT2D eigenvalue weighted by molar-refractivity contribution is -0.421. The molecule has 0 aliphatic carbocycles. The molecule has 0 aliphatic rings. The van der Waals surface area contributed by atoms with Gasteiger partial charge in [-0.2, -0.15) is 0 Å². The van der Waals surface area contributed by atoms with Gasteiger partial charge in [-0.05, 0) is 92.3 Å². The van der Waals surface area contributed by atoms with E-state index in [-0.39, 0.29) is 11.1 Å². The summed E-state index contributed by atoms with van der Waals surface area (Å²) in [6.45, 7) is 4.40. The zero-order valence-electron chi connectivity index (χ0n) is 24.5. The van der Waals surface area contributed by atoms with Gasteiger partial charge in [0.05, 0.1) is 27.7 Å². The summed E-state index contributed by atoms with van der Waals surface area (Å²) in [7, 11) is 0. The molecule has 0 saturated carbocycles. The Hall–Kier alpha value is -1.80. The van der Waals surface area contributed by atoms with E-state index in [1.54, 1.807) is 0 Å². The van der Waals surface area contributed by atoms with Gasteiger partial charge in [0.2, 0.25) is 0 Å². The molecule has 0 bridgehead atoms. The van der Waals surface area contributed by atoms with E-state index in [0.29, 0.717) is 20.0 Å². The second-order valence-electron chi connectivity index (χ2n) is 10.8. The minimum atomic E-state index is -0.628. The number of aromatic nitrogens is 2. The summed E-state index contributed by atoms with van der Waals surface area (Å²) in [6, 6.07) is 3.86. The highest BCUT2D eigenvalue weighted by molar-refractivity contribution is 9.11. The number of rotatable bonds is 18. The van der Waals surface area contributed by atoms with Gasteiger partial charge < -0.3 is 0 Å². The average Bonchev–Trinajstić information content (AvgIpc) is 3.69. The molecule has 4 aromatic rings. The number of nitrogens with zero attached hydrogens (tertiary/aromatic N) is 4. The minimum Gasteiger partial charge on any atom is -0.258 e. The Bertz CT molecular complexity index is 1450. The maximum absolute atomic E-state index is 12.6. The van der Waals surface area contributed by atoms with Crippen LogP contribution in [0.4, 0.5) is 11.4 Å². The smallest absolute Gasteiger partial charge is 0.258 e. The second kappa shape index (κ2) is 16.5. The molecule has 0 amide bonds. The van der Waals surface area contributed by atoms with Crippen molar-refractivity contribution in [1.82, 2.24) is 9.59 Å². The summed E-state index contributed by atoms with van der Waals surface area (Å²) in [6.07, 6.45) is 15.7. The molecule has 0 N–H and O–H groups in total. The number of nitro groups is 2. The highest BCUT2D eigenvalue weighted by atomic mass is 79.9. The van der Waals surface area contributed by atoms with Crippen LogP contribution in [0.2, 0.25) is 0 Å². The monoisotopic (exact) mass is 770 g/mol. The Kier molecular flexibility index (Phi) is 13.1. The molecule has 43 heavy (non-hydrogen) atoms. The number of aryl methyl sites for hydroxylation is 2. The Labute approximate surface area is 281 Å².